The number of carbonyl (C=O) groups excluding carboxylic acids is 1. The standard InChI is InChI=1S/C17H22O/c18-17(14-16-10-5-2-6-11-16)13-7-12-15-8-3-1-4-9-15/h2,5-6,8,10-11H,1,3-4,7,9,12-14H2. The van der Waals surface area contributed by atoms with Crippen LogP contribution in [0, 0.1) is 0 Å². The zero-order chi connectivity index (χ0) is 12.6. The summed E-state index contributed by atoms with van der Waals surface area (Å²) in [7, 11) is 0. The van der Waals surface area contributed by atoms with Crippen molar-refractivity contribution < 1.29 is 4.79 Å². The van der Waals surface area contributed by atoms with Gasteiger partial charge in [0, 0.05) is 12.8 Å². The van der Waals surface area contributed by atoms with Gasteiger partial charge in [-0.2, -0.15) is 0 Å². The zero-order valence-electron chi connectivity index (χ0n) is 11.0. The van der Waals surface area contributed by atoms with Crippen molar-refractivity contribution in [1.29, 1.82) is 0 Å². The van der Waals surface area contributed by atoms with E-state index in [4.69, 9.17) is 0 Å². The van der Waals surface area contributed by atoms with Crippen LogP contribution < -0.4 is 0 Å². The van der Waals surface area contributed by atoms with Crippen molar-refractivity contribution >= 4 is 5.78 Å². The average molecular weight is 242 g/mol. The average Bonchev–Trinajstić information content (AvgIpc) is 2.41. The molecule has 1 nitrogen and oxygen atoms in total. The first-order valence-electron chi connectivity index (χ1n) is 7.08. The Hall–Kier alpha value is -1.37. The minimum atomic E-state index is 0.373. The summed E-state index contributed by atoms with van der Waals surface area (Å²) < 4.78 is 0. The SMILES string of the molecule is O=C(CCCC1=CCCCC1)Cc1ccccc1. The monoisotopic (exact) mass is 242 g/mol. The molecule has 1 heteroatoms. The molecule has 1 aliphatic rings. The normalized spacial score (nSPS) is 15.2. The van der Waals surface area contributed by atoms with Crippen molar-refractivity contribution in [3.05, 3.63) is 47.5 Å². The Morgan fingerprint density at radius 3 is 2.67 bits per heavy atom. The maximum atomic E-state index is 11.8. The molecule has 0 N–H and O–H groups in total. The first-order valence-corrected chi connectivity index (χ1v) is 7.08. The molecule has 0 aliphatic heterocycles. The van der Waals surface area contributed by atoms with Crippen LogP contribution in [0.15, 0.2) is 42.0 Å². The van der Waals surface area contributed by atoms with E-state index < -0.39 is 0 Å². The van der Waals surface area contributed by atoms with E-state index in [1.54, 1.807) is 5.57 Å². The van der Waals surface area contributed by atoms with Gasteiger partial charge in [-0.15, -0.1) is 0 Å². The number of hydrogen-bond acceptors (Lipinski definition) is 1. The molecule has 0 saturated carbocycles. The summed E-state index contributed by atoms with van der Waals surface area (Å²) in [6, 6.07) is 10.0. The molecule has 0 fully saturated rings. The number of allylic oxidation sites excluding steroid dienone is 2. The number of hydrogen-bond donors (Lipinski definition) is 0. The molecule has 0 atom stereocenters. The highest BCUT2D eigenvalue weighted by atomic mass is 16.1. The van der Waals surface area contributed by atoms with Gasteiger partial charge in [0.25, 0.3) is 0 Å². The van der Waals surface area contributed by atoms with E-state index in [2.05, 4.69) is 6.08 Å². The predicted molar refractivity (Wildman–Crippen MR) is 75.6 cm³/mol. The van der Waals surface area contributed by atoms with Gasteiger partial charge in [0.2, 0.25) is 0 Å². The van der Waals surface area contributed by atoms with Gasteiger partial charge in [0.1, 0.15) is 5.78 Å². The Balaban J connectivity index is 1.67. The molecule has 96 valence electrons. The molecule has 0 heterocycles. The maximum absolute atomic E-state index is 11.8. The molecular weight excluding hydrogens is 220 g/mol. The Kier molecular flexibility index (Phi) is 5.19. The van der Waals surface area contributed by atoms with Gasteiger partial charge < -0.3 is 0 Å². The molecule has 18 heavy (non-hydrogen) atoms. The molecular formula is C17H22O. The Bertz CT molecular complexity index is 403. The van der Waals surface area contributed by atoms with E-state index in [1.807, 2.05) is 30.3 Å². The van der Waals surface area contributed by atoms with Gasteiger partial charge in [0.05, 0.1) is 0 Å². The molecule has 0 spiro atoms. The van der Waals surface area contributed by atoms with Crippen molar-refractivity contribution in [2.75, 3.05) is 0 Å². The van der Waals surface area contributed by atoms with Gasteiger partial charge in [-0.25, -0.2) is 0 Å². The minimum absolute atomic E-state index is 0.373. The quantitative estimate of drug-likeness (QED) is 0.673. The van der Waals surface area contributed by atoms with Crippen LogP contribution in [-0.4, -0.2) is 5.78 Å². The van der Waals surface area contributed by atoms with Crippen molar-refractivity contribution in [2.45, 2.75) is 51.4 Å². The fourth-order valence-electron chi connectivity index (χ4n) is 2.56. The summed E-state index contributed by atoms with van der Waals surface area (Å²) in [6.07, 6.45) is 11.0. The second-order valence-corrected chi connectivity index (χ2v) is 5.16. The zero-order valence-corrected chi connectivity index (χ0v) is 11.0. The summed E-state index contributed by atoms with van der Waals surface area (Å²) in [5, 5.41) is 0. The van der Waals surface area contributed by atoms with E-state index in [9.17, 15) is 4.79 Å². The number of benzene rings is 1. The summed E-state index contributed by atoms with van der Waals surface area (Å²) in [5.74, 6) is 0.373. The summed E-state index contributed by atoms with van der Waals surface area (Å²) in [4.78, 5) is 11.8. The van der Waals surface area contributed by atoms with E-state index in [0.717, 1.165) is 24.8 Å². The smallest absolute Gasteiger partial charge is 0.137 e. The molecule has 0 saturated heterocycles. The van der Waals surface area contributed by atoms with Crippen molar-refractivity contribution in [3.63, 3.8) is 0 Å². The third-order valence-corrected chi connectivity index (χ3v) is 3.58. The van der Waals surface area contributed by atoms with E-state index in [0.29, 0.717) is 12.2 Å². The summed E-state index contributed by atoms with van der Waals surface area (Å²) in [6.45, 7) is 0. The molecule has 1 aromatic rings. The Morgan fingerprint density at radius 2 is 1.94 bits per heavy atom. The molecule has 1 aliphatic carbocycles. The second kappa shape index (κ2) is 7.15. The molecule has 1 aromatic carbocycles. The number of ketones is 1. The van der Waals surface area contributed by atoms with Crippen LogP contribution in [0.1, 0.15) is 50.5 Å². The van der Waals surface area contributed by atoms with Crippen LogP contribution in [0.5, 0.6) is 0 Å². The molecule has 0 bridgehead atoms. The topological polar surface area (TPSA) is 17.1 Å². The largest absolute Gasteiger partial charge is 0.299 e. The highest BCUT2D eigenvalue weighted by Crippen LogP contribution is 2.22. The lowest BCUT2D eigenvalue weighted by molar-refractivity contribution is -0.118. The lowest BCUT2D eigenvalue weighted by Crippen LogP contribution is -2.03. The van der Waals surface area contributed by atoms with Crippen LogP contribution in [0.25, 0.3) is 0 Å². The lowest BCUT2D eigenvalue weighted by Gasteiger charge is -2.11. The number of carbonyl (C=O) groups is 1. The van der Waals surface area contributed by atoms with E-state index in [1.165, 1.54) is 25.7 Å². The Labute approximate surface area is 110 Å². The third-order valence-electron chi connectivity index (χ3n) is 3.58. The highest BCUT2D eigenvalue weighted by molar-refractivity contribution is 5.80. The van der Waals surface area contributed by atoms with Gasteiger partial charge in [-0.05, 0) is 44.1 Å². The molecule has 0 aromatic heterocycles. The number of Topliss-reactive ketones (excluding diaryl/α,β-unsaturated/α-hetero) is 1. The molecule has 0 radical (unpaired) electrons. The summed E-state index contributed by atoms with van der Waals surface area (Å²) >= 11 is 0. The predicted octanol–water partition coefficient (Wildman–Crippen LogP) is 4.47. The van der Waals surface area contributed by atoms with E-state index >= 15 is 0 Å². The third kappa shape index (κ3) is 4.48. The second-order valence-electron chi connectivity index (χ2n) is 5.16. The van der Waals surface area contributed by atoms with Gasteiger partial charge >= 0.3 is 0 Å². The lowest BCUT2D eigenvalue weighted by atomic mass is 9.94. The molecule has 2 rings (SSSR count). The van der Waals surface area contributed by atoms with Crippen molar-refractivity contribution in [2.24, 2.45) is 0 Å². The minimum Gasteiger partial charge on any atom is -0.299 e. The van der Waals surface area contributed by atoms with Crippen LogP contribution >= 0.6 is 0 Å². The van der Waals surface area contributed by atoms with Crippen LogP contribution in [-0.2, 0) is 11.2 Å². The molecule has 0 unspecified atom stereocenters. The Morgan fingerprint density at radius 1 is 1.11 bits per heavy atom. The maximum Gasteiger partial charge on any atom is 0.137 e. The summed E-state index contributed by atoms with van der Waals surface area (Å²) in [5.41, 5.74) is 2.72. The fraction of sp³-hybridized carbons (Fsp3) is 0.471. The van der Waals surface area contributed by atoms with Crippen molar-refractivity contribution in [3.8, 4) is 0 Å². The molecule has 0 amide bonds. The van der Waals surface area contributed by atoms with Gasteiger partial charge in [-0.1, -0.05) is 42.0 Å². The first-order chi connectivity index (χ1) is 8.84. The number of rotatable bonds is 6. The van der Waals surface area contributed by atoms with Gasteiger partial charge in [0.15, 0.2) is 0 Å². The first kappa shape index (κ1) is 13.1. The van der Waals surface area contributed by atoms with E-state index in [-0.39, 0.29) is 0 Å². The highest BCUT2D eigenvalue weighted by Gasteiger charge is 2.06. The van der Waals surface area contributed by atoms with Crippen molar-refractivity contribution in [1.82, 2.24) is 0 Å². The van der Waals surface area contributed by atoms with Gasteiger partial charge in [-0.3, -0.25) is 4.79 Å². The fourth-order valence-corrected chi connectivity index (χ4v) is 2.56. The van der Waals surface area contributed by atoms with Crippen LogP contribution in [0.4, 0.5) is 0 Å². The van der Waals surface area contributed by atoms with Crippen LogP contribution in [0.3, 0.4) is 0 Å². The van der Waals surface area contributed by atoms with Crippen LogP contribution in [0.2, 0.25) is 0 Å².